The van der Waals surface area contributed by atoms with Crippen LogP contribution in [0, 0.1) is 18.6 Å². The molecule has 9 heteroatoms. The van der Waals surface area contributed by atoms with Gasteiger partial charge in [-0.15, -0.1) is 12.4 Å². The summed E-state index contributed by atoms with van der Waals surface area (Å²) in [5, 5.41) is 0.624. The highest BCUT2D eigenvalue weighted by Gasteiger charge is 2.25. The minimum absolute atomic E-state index is 0. The number of aromatic nitrogens is 1. The van der Waals surface area contributed by atoms with E-state index in [-0.39, 0.29) is 41.0 Å². The van der Waals surface area contributed by atoms with Crippen molar-refractivity contribution in [2.75, 3.05) is 14.2 Å². The first-order valence-corrected chi connectivity index (χ1v) is 7.72. The lowest BCUT2D eigenvalue weighted by Crippen LogP contribution is -2.18. The highest BCUT2D eigenvalue weighted by molar-refractivity contribution is 6.35. The predicted molar refractivity (Wildman–Crippen MR) is 96.3 cm³/mol. The third-order valence-electron chi connectivity index (χ3n) is 3.67. The molecule has 25 heavy (non-hydrogen) atoms. The number of halogens is 5. The molecule has 0 aliphatic carbocycles. The molecule has 1 heterocycles. The quantitative estimate of drug-likeness (QED) is 0.725. The Balaban J connectivity index is 0.00000312. The van der Waals surface area contributed by atoms with Gasteiger partial charge in [-0.25, -0.2) is 13.8 Å². The van der Waals surface area contributed by atoms with Crippen LogP contribution >= 0.6 is 35.6 Å². The first-order chi connectivity index (χ1) is 11.3. The van der Waals surface area contributed by atoms with Crippen molar-refractivity contribution >= 4 is 35.6 Å². The van der Waals surface area contributed by atoms with Crippen LogP contribution < -0.4 is 15.2 Å². The lowest BCUT2D eigenvalue weighted by Gasteiger charge is -2.18. The first-order valence-electron chi connectivity index (χ1n) is 6.96. The van der Waals surface area contributed by atoms with Crippen LogP contribution in [0.3, 0.4) is 0 Å². The zero-order valence-corrected chi connectivity index (χ0v) is 16.0. The molecule has 1 aromatic carbocycles. The normalized spacial score (nSPS) is 11.7. The number of hydrogen-bond donors (Lipinski definition) is 1. The molecule has 0 saturated heterocycles. The number of pyridine rings is 1. The molecule has 0 radical (unpaired) electrons. The Kier molecular flexibility index (Phi) is 7.68. The monoisotopic (exact) mass is 412 g/mol. The molecule has 0 amide bonds. The van der Waals surface area contributed by atoms with Crippen LogP contribution in [-0.2, 0) is 6.42 Å². The van der Waals surface area contributed by atoms with Gasteiger partial charge in [0, 0.05) is 29.4 Å². The number of nitrogens with two attached hydrogens (primary N) is 1. The van der Waals surface area contributed by atoms with Gasteiger partial charge in [-0.2, -0.15) is 0 Å². The van der Waals surface area contributed by atoms with E-state index in [1.807, 2.05) is 0 Å². The Morgan fingerprint density at radius 3 is 2.16 bits per heavy atom. The Bertz CT molecular complexity index is 748. The molecule has 0 fully saturated rings. The van der Waals surface area contributed by atoms with E-state index in [1.54, 1.807) is 6.92 Å². The first kappa shape index (κ1) is 21.7. The van der Waals surface area contributed by atoms with Crippen LogP contribution in [0.15, 0.2) is 12.3 Å². The highest BCUT2D eigenvalue weighted by Crippen LogP contribution is 2.36. The fourth-order valence-electron chi connectivity index (χ4n) is 2.33. The second-order valence-corrected chi connectivity index (χ2v) is 5.88. The molecule has 1 atom stereocenters. The van der Waals surface area contributed by atoms with Crippen LogP contribution in [0.25, 0.3) is 0 Å². The highest BCUT2D eigenvalue weighted by atomic mass is 35.5. The molecule has 2 rings (SSSR count). The second kappa shape index (κ2) is 8.85. The number of rotatable bonds is 5. The number of nitrogens with zero attached hydrogens (tertiary/aromatic N) is 1. The van der Waals surface area contributed by atoms with Crippen molar-refractivity contribution < 1.29 is 18.3 Å². The SMILES string of the molecule is COc1cc(OC)c(F)c(C(N)Cc2cnc(Cl)c(C)c2Cl)c1F.Cl. The second-order valence-electron chi connectivity index (χ2n) is 5.15. The third-order valence-corrected chi connectivity index (χ3v) is 4.58. The molecule has 4 nitrogen and oxygen atoms in total. The number of benzene rings is 1. The molecular formula is C16H17Cl3F2N2O2. The zero-order valence-electron chi connectivity index (χ0n) is 13.7. The molecular weight excluding hydrogens is 397 g/mol. The van der Waals surface area contributed by atoms with Gasteiger partial charge in [0.05, 0.1) is 19.2 Å². The van der Waals surface area contributed by atoms with Crippen LogP contribution in [0.2, 0.25) is 10.2 Å². The van der Waals surface area contributed by atoms with Gasteiger partial charge in [0.25, 0.3) is 0 Å². The fourth-order valence-corrected chi connectivity index (χ4v) is 2.74. The standard InChI is InChI=1S/C16H16Cl2F2N2O2.ClH/c1-7-13(17)8(6-22-16(7)18)4-9(21)12-14(19)10(23-2)5-11(24-3)15(12)20;/h5-6,9H,4,21H2,1-3H3;1H. The maximum Gasteiger partial charge on any atom is 0.173 e. The molecule has 0 bridgehead atoms. The number of methoxy groups -OCH3 is 2. The lowest BCUT2D eigenvalue weighted by molar-refractivity contribution is 0.350. The van der Waals surface area contributed by atoms with E-state index in [4.69, 9.17) is 38.4 Å². The molecule has 0 spiro atoms. The summed E-state index contributed by atoms with van der Waals surface area (Å²) in [5.41, 5.74) is 6.79. The van der Waals surface area contributed by atoms with Crippen molar-refractivity contribution in [1.29, 1.82) is 0 Å². The molecule has 0 aliphatic rings. The van der Waals surface area contributed by atoms with E-state index in [1.165, 1.54) is 20.4 Å². The fraction of sp³-hybridized carbons (Fsp3) is 0.312. The minimum atomic E-state index is -1.02. The largest absolute Gasteiger partial charge is 0.494 e. The van der Waals surface area contributed by atoms with Crippen molar-refractivity contribution in [3.63, 3.8) is 0 Å². The Morgan fingerprint density at radius 2 is 1.68 bits per heavy atom. The molecule has 2 N–H and O–H groups in total. The number of hydrogen-bond acceptors (Lipinski definition) is 4. The molecule has 2 aromatic rings. The molecule has 138 valence electrons. The van der Waals surface area contributed by atoms with E-state index in [2.05, 4.69) is 4.98 Å². The van der Waals surface area contributed by atoms with Gasteiger partial charge in [0.1, 0.15) is 5.15 Å². The van der Waals surface area contributed by atoms with Crippen molar-refractivity contribution in [2.24, 2.45) is 5.73 Å². The average Bonchev–Trinajstić information content (AvgIpc) is 2.56. The summed E-state index contributed by atoms with van der Waals surface area (Å²) in [6.45, 7) is 1.70. The van der Waals surface area contributed by atoms with E-state index in [9.17, 15) is 8.78 Å². The summed E-state index contributed by atoms with van der Waals surface area (Å²) in [6, 6.07) is 0.107. The van der Waals surface area contributed by atoms with Gasteiger partial charge in [0.2, 0.25) is 0 Å². The van der Waals surface area contributed by atoms with Gasteiger partial charge in [-0.1, -0.05) is 23.2 Å². The molecule has 0 aliphatic heterocycles. The Hall–Kier alpha value is -1.34. The van der Waals surface area contributed by atoms with Crippen LogP contribution in [-0.4, -0.2) is 19.2 Å². The van der Waals surface area contributed by atoms with Gasteiger partial charge < -0.3 is 15.2 Å². The Morgan fingerprint density at radius 1 is 1.16 bits per heavy atom. The van der Waals surface area contributed by atoms with E-state index < -0.39 is 17.7 Å². The summed E-state index contributed by atoms with van der Waals surface area (Å²) in [4.78, 5) is 3.99. The van der Waals surface area contributed by atoms with Gasteiger partial charge in [-0.05, 0) is 18.9 Å². The zero-order chi connectivity index (χ0) is 18.0. The summed E-state index contributed by atoms with van der Waals surface area (Å²) in [7, 11) is 2.54. The minimum Gasteiger partial charge on any atom is -0.494 e. The maximum atomic E-state index is 14.5. The van der Waals surface area contributed by atoms with Crippen molar-refractivity contribution in [3.8, 4) is 11.5 Å². The maximum absolute atomic E-state index is 14.5. The van der Waals surface area contributed by atoms with Gasteiger partial charge >= 0.3 is 0 Å². The third kappa shape index (κ3) is 4.26. The van der Waals surface area contributed by atoms with Gasteiger partial charge in [0.15, 0.2) is 23.1 Å². The smallest absolute Gasteiger partial charge is 0.173 e. The van der Waals surface area contributed by atoms with E-state index in [0.717, 1.165) is 6.07 Å². The molecule has 1 unspecified atom stereocenters. The van der Waals surface area contributed by atoms with Crippen molar-refractivity contribution in [3.05, 3.63) is 50.8 Å². The van der Waals surface area contributed by atoms with Crippen LogP contribution in [0.4, 0.5) is 8.78 Å². The summed E-state index contributed by atoms with van der Waals surface area (Å²) < 4.78 is 38.8. The van der Waals surface area contributed by atoms with Crippen molar-refractivity contribution in [2.45, 2.75) is 19.4 Å². The number of ether oxygens (including phenoxy) is 2. The molecule has 0 saturated carbocycles. The van der Waals surface area contributed by atoms with Gasteiger partial charge in [-0.3, -0.25) is 0 Å². The van der Waals surface area contributed by atoms with Crippen molar-refractivity contribution in [1.82, 2.24) is 4.98 Å². The van der Waals surface area contributed by atoms with Crippen LogP contribution in [0.1, 0.15) is 22.7 Å². The van der Waals surface area contributed by atoms with E-state index >= 15 is 0 Å². The predicted octanol–water partition coefficient (Wildman–Crippen LogP) is 4.66. The topological polar surface area (TPSA) is 57.4 Å². The lowest BCUT2D eigenvalue weighted by atomic mass is 9.98. The summed E-state index contributed by atoms with van der Waals surface area (Å²) in [5.74, 6) is -2.07. The van der Waals surface area contributed by atoms with E-state index in [0.29, 0.717) is 16.1 Å². The average molecular weight is 414 g/mol. The Labute approximate surface area is 160 Å². The molecule has 1 aromatic heterocycles. The van der Waals surface area contributed by atoms with Crippen LogP contribution in [0.5, 0.6) is 11.5 Å². The summed E-state index contributed by atoms with van der Waals surface area (Å²) in [6.07, 6.45) is 1.50. The summed E-state index contributed by atoms with van der Waals surface area (Å²) >= 11 is 12.1.